The van der Waals surface area contributed by atoms with Crippen LogP contribution in [0.15, 0.2) is 0 Å². The van der Waals surface area contributed by atoms with Crippen LogP contribution in [-0.2, 0) is 13.3 Å². The van der Waals surface area contributed by atoms with E-state index in [2.05, 4.69) is 16.7 Å². The Bertz CT molecular complexity index is 211. The summed E-state index contributed by atoms with van der Waals surface area (Å²) >= 11 is 0. The zero-order valence-electron chi connectivity index (χ0n) is 12.3. The van der Waals surface area contributed by atoms with Crippen molar-refractivity contribution in [2.45, 2.75) is 19.4 Å². The molecule has 1 aliphatic heterocycles. The maximum atomic E-state index is 5.44. The molecular formula is C12H28N2O3Si. The summed E-state index contributed by atoms with van der Waals surface area (Å²) in [6, 6.07) is 0.865. The van der Waals surface area contributed by atoms with E-state index < -0.39 is 8.80 Å². The van der Waals surface area contributed by atoms with Gasteiger partial charge in [-0.15, -0.1) is 0 Å². The fraction of sp³-hybridized carbons (Fsp3) is 1.00. The van der Waals surface area contributed by atoms with Crippen LogP contribution in [0, 0.1) is 0 Å². The molecule has 0 bridgehead atoms. The van der Waals surface area contributed by atoms with E-state index in [-0.39, 0.29) is 0 Å². The minimum Gasteiger partial charge on any atom is -0.377 e. The zero-order valence-corrected chi connectivity index (χ0v) is 13.3. The first-order valence-corrected chi connectivity index (χ1v) is 8.73. The molecule has 0 radical (unpaired) electrons. The Kier molecular flexibility index (Phi) is 7.36. The van der Waals surface area contributed by atoms with Gasteiger partial charge in [0.25, 0.3) is 0 Å². The smallest absolute Gasteiger partial charge is 0.377 e. The normalized spacial score (nSPS) is 19.3. The number of rotatable bonds is 8. The average Bonchev–Trinajstić information content (AvgIpc) is 2.43. The lowest BCUT2D eigenvalue weighted by Crippen LogP contribution is -2.50. The van der Waals surface area contributed by atoms with Crippen LogP contribution in [0.4, 0.5) is 0 Å². The highest BCUT2D eigenvalue weighted by Crippen LogP contribution is 2.14. The van der Waals surface area contributed by atoms with Gasteiger partial charge in [0, 0.05) is 60.1 Å². The van der Waals surface area contributed by atoms with Gasteiger partial charge in [-0.05, 0) is 13.0 Å². The first kappa shape index (κ1) is 16.1. The quantitative estimate of drug-likeness (QED) is 0.615. The maximum absolute atomic E-state index is 5.44. The van der Waals surface area contributed by atoms with E-state index in [4.69, 9.17) is 13.3 Å². The van der Waals surface area contributed by atoms with Gasteiger partial charge in [-0.1, -0.05) is 6.92 Å². The fourth-order valence-corrected chi connectivity index (χ4v) is 4.11. The maximum Gasteiger partial charge on any atom is 0.501 e. The van der Waals surface area contributed by atoms with Crippen LogP contribution in [0.1, 0.15) is 13.3 Å². The van der Waals surface area contributed by atoms with Crippen molar-refractivity contribution in [1.29, 1.82) is 0 Å². The third-order valence-corrected chi connectivity index (χ3v) is 6.37. The van der Waals surface area contributed by atoms with Crippen molar-refractivity contribution in [2.75, 3.05) is 60.6 Å². The molecule has 1 aliphatic rings. The van der Waals surface area contributed by atoms with E-state index in [1.165, 1.54) is 26.1 Å². The predicted octanol–water partition coefficient (Wildman–Crippen LogP) is 0.892. The third-order valence-electron chi connectivity index (χ3n) is 3.67. The molecular weight excluding hydrogens is 248 g/mol. The van der Waals surface area contributed by atoms with Gasteiger partial charge in [-0.25, -0.2) is 0 Å². The van der Waals surface area contributed by atoms with Crippen LogP contribution >= 0.6 is 0 Å². The SMILES string of the molecule is CCCN1CCN(CC[Si](OC)(OC)OC)CC1. The molecule has 108 valence electrons. The van der Waals surface area contributed by atoms with E-state index in [9.17, 15) is 0 Å². The van der Waals surface area contributed by atoms with E-state index in [0.717, 1.165) is 25.7 Å². The predicted molar refractivity (Wildman–Crippen MR) is 74.8 cm³/mol. The summed E-state index contributed by atoms with van der Waals surface area (Å²) in [6.45, 7) is 9.10. The average molecular weight is 276 g/mol. The Morgan fingerprint density at radius 3 is 1.67 bits per heavy atom. The van der Waals surface area contributed by atoms with Gasteiger partial charge in [0.1, 0.15) is 0 Å². The lowest BCUT2D eigenvalue weighted by molar-refractivity contribution is 0.105. The highest BCUT2D eigenvalue weighted by molar-refractivity contribution is 6.60. The Balaban J connectivity index is 2.28. The van der Waals surface area contributed by atoms with Crippen LogP contribution in [0.3, 0.4) is 0 Å². The van der Waals surface area contributed by atoms with Gasteiger partial charge in [-0.2, -0.15) is 0 Å². The zero-order chi connectivity index (χ0) is 13.4. The molecule has 0 N–H and O–H groups in total. The van der Waals surface area contributed by atoms with Crippen LogP contribution < -0.4 is 0 Å². The van der Waals surface area contributed by atoms with E-state index in [0.29, 0.717) is 0 Å². The molecule has 1 saturated heterocycles. The second-order valence-electron chi connectivity index (χ2n) is 4.73. The van der Waals surface area contributed by atoms with Crippen LogP contribution in [0.2, 0.25) is 6.04 Å². The summed E-state index contributed by atoms with van der Waals surface area (Å²) in [6.07, 6.45) is 1.24. The first-order chi connectivity index (χ1) is 8.69. The summed E-state index contributed by atoms with van der Waals surface area (Å²) < 4.78 is 16.3. The van der Waals surface area contributed by atoms with Gasteiger partial charge in [0.2, 0.25) is 0 Å². The van der Waals surface area contributed by atoms with Crippen LogP contribution in [0.25, 0.3) is 0 Å². The topological polar surface area (TPSA) is 34.2 Å². The molecule has 1 fully saturated rings. The Hall–Kier alpha value is 0.0169. The molecule has 6 heteroatoms. The standard InChI is InChI=1S/C12H28N2O3Si/c1-5-6-13-7-9-14(10-8-13)11-12-18(15-2,16-3)17-4/h5-12H2,1-4H3. The molecule has 1 rings (SSSR count). The van der Waals surface area contributed by atoms with Crippen molar-refractivity contribution < 1.29 is 13.3 Å². The van der Waals surface area contributed by atoms with Crippen LogP contribution in [0.5, 0.6) is 0 Å². The van der Waals surface area contributed by atoms with Gasteiger partial charge in [0.05, 0.1) is 0 Å². The molecule has 18 heavy (non-hydrogen) atoms. The molecule has 0 aromatic rings. The Morgan fingerprint density at radius 2 is 1.28 bits per heavy atom. The molecule has 0 unspecified atom stereocenters. The van der Waals surface area contributed by atoms with Crippen molar-refractivity contribution in [3.05, 3.63) is 0 Å². The van der Waals surface area contributed by atoms with E-state index >= 15 is 0 Å². The van der Waals surface area contributed by atoms with E-state index in [1.54, 1.807) is 21.3 Å². The van der Waals surface area contributed by atoms with Crippen molar-refractivity contribution >= 4 is 8.80 Å². The van der Waals surface area contributed by atoms with Crippen LogP contribution in [-0.4, -0.2) is 79.2 Å². The number of piperazine rings is 1. The van der Waals surface area contributed by atoms with Gasteiger partial charge < -0.3 is 23.1 Å². The molecule has 0 spiro atoms. The number of hydrogen-bond donors (Lipinski definition) is 0. The lowest BCUT2D eigenvalue weighted by Gasteiger charge is -2.35. The molecule has 1 heterocycles. The first-order valence-electron chi connectivity index (χ1n) is 6.80. The fourth-order valence-electron chi connectivity index (χ4n) is 2.40. The van der Waals surface area contributed by atoms with Gasteiger partial charge in [0.15, 0.2) is 0 Å². The van der Waals surface area contributed by atoms with Crippen molar-refractivity contribution in [3.8, 4) is 0 Å². The highest BCUT2D eigenvalue weighted by atomic mass is 28.4. The lowest BCUT2D eigenvalue weighted by atomic mass is 10.3. The summed E-state index contributed by atoms with van der Waals surface area (Å²) in [5.41, 5.74) is 0. The van der Waals surface area contributed by atoms with Crippen molar-refractivity contribution in [2.24, 2.45) is 0 Å². The second-order valence-corrected chi connectivity index (χ2v) is 7.82. The molecule has 0 aliphatic carbocycles. The Morgan fingerprint density at radius 1 is 0.833 bits per heavy atom. The number of hydrogen-bond acceptors (Lipinski definition) is 5. The minimum atomic E-state index is -2.39. The summed E-state index contributed by atoms with van der Waals surface area (Å²) in [7, 11) is 2.65. The number of nitrogens with zero attached hydrogens (tertiary/aromatic N) is 2. The second kappa shape index (κ2) is 8.24. The van der Waals surface area contributed by atoms with Crippen molar-refractivity contribution in [1.82, 2.24) is 9.80 Å². The third kappa shape index (κ3) is 4.60. The minimum absolute atomic E-state index is 0.865. The molecule has 0 aromatic carbocycles. The molecule has 0 amide bonds. The largest absolute Gasteiger partial charge is 0.501 e. The van der Waals surface area contributed by atoms with Gasteiger partial charge in [-0.3, -0.25) is 0 Å². The molecule has 5 nitrogen and oxygen atoms in total. The van der Waals surface area contributed by atoms with Crippen molar-refractivity contribution in [3.63, 3.8) is 0 Å². The molecule has 0 aromatic heterocycles. The molecule has 0 saturated carbocycles. The summed E-state index contributed by atoms with van der Waals surface area (Å²) in [5.74, 6) is 0. The highest BCUT2D eigenvalue weighted by Gasteiger charge is 2.38. The summed E-state index contributed by atoms with van der Waals surface area (Å²) in [4.78, 5) is 5.01. The van der Waals surface area contributed by atoms with Gasteiger partial charge >= 0.3 is 8.80 Å². The van der Waals surface area contributed by atoms with E-state index in [1.807, 2.05) is 0 Å². The monoisotopic (exact) mass is 276 g/mol. The molecule has 0 atom stereocenters. The Labute approximate surface area is 112 Å². The summed E-state index contributed by atoms with van der Waals surface area (Å²) in [5, 5.41) is 0.